The first-order valence-electron chi connectivity index (χ1n) is 25.0. The van der Waals surface area contributed by atoms with Gasteiger partial charge in [-0.3, -0.25) is 0 Å². The predicted octanol–water partition coefficient (Wildman–Crippen LogP) is 16.3. The zero-order valence-corrected chi connectivity index (χ0v) is 41.6. The summed E-state index contributed by atoms with van der Waals surface area (Å²) in [6, 6.07) is 72.2. The molecule has 0 aliphatic rings. The molecule has 0 radical (unpaired) electrons. The van der Waals surface area contributed by atoms with Crippen LogP contribution in [0.25, 0.3) is 87.6 Å². The van der Waals surface area contributed by atoms with Crippen LogP contribution in [0.4, 0.5) is 0 Å². The number of aliphatic hydroxyl groups is 2. The van der Waals surface area contributed by atoms with Crippen molar-refractivity contribution >= 4 is 43.1 Å². The fraction of sp³-hybridized carbons (Fsp3) is 0.147. The highest BCUT2D eigenvalue weighted by Gasteiger charge is 2.36. The van der Waals surface area contributed by atoms with Gasteiger partial charge in [0.2, 0.25) is 0 Å². The van der Waals surface area contributed by atoms with Crippen molar-refractivity contribution < 1.29 is 19.7 Å². The lowest BCUT2D eigenvalue weighted by molar-refractivity contribution is 0.202. The van der Waals surface area contributed by atoms with E-state index < -0.39 is 5.41 Å². The van der Waals surface area contributed by atoms with Crippen LogP contribution >= 0.6 is 0 Å². The van der Waals surface area contributed by atoms with Gasteiger partial charge < -0.3 is 19.7 Å². The largest absolute Gasteiger partial charge is 0.490 e. The molecule has 0 aliphatic heterocycles. The number of hydrogen-bond donors (Lipinski definition) is 2. The topological polar surface area (TPSA) is 58.9 Å². The van der Waals surface area contributed by atoms with Crippen molar-refractivity contribution in [2.24, 2.45) is 0 Å². The Kier molecular flexibility index (Phi) is 12.4. The smallest absolute Gasteiger partial charge is 0.135 e. The lowest BCUT2D eigenvalue weighted by Gasteiger charge is -2.35. The quantitative estimate of drug-likeness (QED) is 0.113. The number of ether oxygens (including phenoxy) is 2. The van der Waals surface area contributed by atoms with Gasteiger partial charge >= 0.3 is 0 Å². The molecule has 0 aliphatic carbocycles. The highest BCUT2D eigenvalue weighted by atomic mass is 16.5. The van der Waals surface area contributed by atoms with Gasteiger partial charge in [-0.05, 0) is 163 Å². The normalized spacial score (nSPS) is 11.8. The van der Waals surface area contributed by atoms with Crippen LogP contribution in [0.5, 0.6) is 11.5 Å². The third-order valence-electron chi connectivity index (χ3n) is 15.3. The number of aliphatic hydroxyl groups excluding tert-OH is 2. The van der Waals surface area contributed by atoms with E-state index in [2.05, 4.69) is 235 Å². The van der Waals surface area contributed by atoms with Crippen LogP contribution in [0, 0.1) is 27.7 Å². The Morgan fingerprint density at radius 3 is 0.889 bits per heavy atom. The highest BCUT2D eigenvalue weighted by molar-refractivity contribution is 6.00. The van der Waals surface area contributed by atoms with Gasteiger partial charge in [0.05, 0.1) is 13.2 Å². The monoisotopic (exact) mass is 938 g/mol. The molecule has 0 saturated heterocycles. The molecular weight excluding hydrogens is 881 g/mol. The number of aryl methyl sites for hydroxylation is 4. The highest BCUT2D eigenvalue weighted by Crippen LogP contribution is 2.52. The van der Waals surface area contributed by atoms with Gasteiger partial charge in [-0.2, -0.15) is 0 Å². The van der Waals surface area contributed by atoms with E-state index in [0.717, 1.165) is 95.0 Å². The first-order chi connectivity index (χ1) is 35.2. The van der Waals surface area contributed by atoms with E-state index in [-0.39, 0.29) is 26.4 Å². The van der Waals surface area contributed by atoms with Crippen LogP contribution in [0.3, 0.4) is 0 Å². The number of benzene rings is 11. The SMILES string of the molecule is Cc1c(-c2cc(C(C)(c3ccccc3)c3cc(-c4ccc5ccccc5c4C)c(OCCO)c(-c4ccc5ccccc5c4C)c3)cc(-c3ccc4ccccc4c3C)c2OCCO)ccc2ccccc12. The standard InChI is InChI=1S/C68H58O4/c1-43-54-23-13-9-17-47(54)27-31-58(43)62-39-52(40-63(66(62)71-37-35-69)59-32-28-48-18-10-14-24-55(48)44(59)2)68(5,51-21-7-6-8-22-51)53-41-64(60-33-29-49-19-11-15-25-56(49)45(60)3)67(72-38-36-70)65(42-53)61-34-30-50-20-12-16-26-57(50)46(61)4/h6-34,39-42,69-70H,35-38H2,1-5H3. The molecule has 0 aromatic heterocycles. The van der Waals surface area contributed by atoms with Crippen LogP contribution in [-0.4, -0.2) is 36.6 Å². The van der Waals surface area contributed by atoms with Crippen molar-refractivity contribution in [2.75, 3.05) is 26.4 Å². The summed E-state index contributed by atoms with van der Waals surface area (Å²) < 4.78 is 13.7. The van der Waals surface area contributed by atoms with E-state index in [1.807, 2.05) is 0 Å². The van der Waals surface area contributed by atoms with Crippen LogP contribution in [0.15, 0.2) is 200 Å². The van der Waals surface area contributed by atoms with Gasteiger partial charge in [0, 0.05) is 27.7 Å². The van der Waals surface area contributed by atoms with Crippen LogP contribution in [-0.2, 0) is 5.41 Å². The van der Waals surface area contributed by atoms with Crippen LogP contribution in [0.2, 0.25) is 0 Å². The molecule has 0 unspecified atom stereocenters. The third kappa shape index (κ3) is 7.98. The molecule has 4 nitrogen and oxygen atoms in total. The molecule has 0 fully saturated rings. The predicted molar refractivity (Wildman–Crippen MR) is 301 cm³/mol. The first-order valence-corrected chi connectivity index (χ1v) is 25.0. The molecule has 11 aromatic rings. The number of fused-ring (bicyclic) bond motifs is 4. The fourth-order valence-corrected chi connectivity index (χ4v) is 11.4. The Hall–Kier alpha value is -8.02. The zero-order valence-electron chi connectivity index (χ0n) is 41.6. The summed E-state index contributed by atoms with van der Waals surface area (Å²) in [6.07, 6.45) is 0. The van der Waals surface area contributed by atoms with Gasteiger partial charge in [-0.25, -0.2) is 0 Å². The van der Waals surface area contributed by atoms with Crippen LogP contribution < -0.4 is 9.47 Å². The Morgan fingerprint density at radius 1 is 0.319 bits per heavy atom. The number of rotatable bonds is 13. The molecule has 0 atom stereocenters. The maximum Gasteiger partial charge on any atom is 0.135 e. The summed E-state index contributed by atoms with van der Waals surface area (Å²) in [5.41, 5.74) is 15.1. The van der Waals surface area contributed by atoms with Crippen molar-refractivity contribution in [3.63, 3.8) is 0 Å². The van der Waals surface area contributed by atoms with Gasteiger partial charge in [0.25, 0.3) is 0 Å². The van der Waals surface area contributed by atoms with Gasteiger partial charge in [-0.15, -0.1) is 0 Å². The number of hydrogen-bond acceptors (Lipinski definition) is 4. The van der Waals surface area contributed by atoms with Gasteiger partial charge in [-0.1, -0.05) is 176 Å². The second kappa shape index (κ2) is 19.3. The Morgan fingerprint density at radius 2 is 0.597 bits per heavy atom. The van der Waals surface area contributed by atoms with Gasteiger partial charge in [0.15, 0.2) is 0 Å². The molecule has 11 aromatic carbocycles. The maximum absolute atomic E-state index is 10.4. The van der Waals surface area contributed by atoms with Crippen molar-refractivity contribution in [3.05, 3.63) is 239 Å². The lowest BCUT2D eigenvalue weighted by atomic mass is 9.68. The molecule has 0 heterocycles. The van der Waals surface area contributed by atoms with Crippen molar-refractivity contribution in [2.45, 2.75) is 40.0 Å². The minimum Gasteiger partial charge on any atom is -0.490 e. The van der Waals surface area contributed by atoms with E-state index >= 15 is 0 Å². The van der Waals surface area contributed by atoms with Crippen molar-refractivity contribution in [1.29, 1.82) is 0 Å². The maximum atomic E-state index is 10.4. The van der Waals surface area contributed by atoms with E-state index in [1.165, 1.54) is 43.1 Å². The summed E-state index contributed by atoms with van der Waals surface area (Å²) in [5, 5.41) is 30.3. The molecule has 2 N–H and O–H groups in total. The molecule has 4 heteroatoms. The second-order valence-corrected chi connectivity index (χ2v) is 19.3. The lowest BCUT2D eigenvalue weighted by Crippen LogP contribution is -2.26. The molecule has 0 amide bonds. The van der Waals surface area contributed by atoms with Crippen molar-refractivity contribution in [1.82, 2.24) is 0 Å². The third-order valence-corrected chi connectivity index (χ3v) is 15.3. The molecular formula is C68H58O4. The molecule has 0 bridgehead atoms. The summed E-state index contributed by atoms with van der Waals surface area (Å²) in [7, 11) is 0. The van der Waals surface area contributed by atoms with Gasteiger partial charge in [0.1, 0.15) is 24.7 Å². The summed E-state index contributed by atoms with van der Waals surface area (Å²) in [5.74, 6) is 1.46. The second-order valence-electron chi connectivity index (χ2n) is 19.3. The van der Waals surface area contributed by atoms with E-state index in [0.29, 0.717) is 0 Å². The average Bonchev–Trinajstić information content (AvgIpc) is 3.42. The summed E-state index contributed by atoms with van der Waals surface area (Å²) in [6.45, 7) is 11.2. The summed E-state index contributed by atoms with van der Waals surface area (Å²) >= 11 is 0. The van der Waals surface area contributed by atoms with Crippen molar-refractivity contribution in [3.8, 4) is 56.0 Å². The molecule has 0 spiro atoms. The Bertz CT molecular complexity index is 3410. The van der Waals surface area contributed by atoms with Crippen LogP contribution in [0.1, 0.15) is 45.9 Å². The molecule has 354 valence electrons. The summed E-state index contributed by atoms with van der Waals surface area (Å²) in [4.78, 5) is 0. The molecule has 72 heavy (non-hydrogen) atoms. The Labute approximate surface area is 422 Å². The minimum absolute atomic E-state index is 0.131. The fourth-order valence-electron chi connectivity index (χ4n) is 11.4. The Balaban J connectivity index is 1.29. The van der Waals surface area contributed by atoms with E-state index in [9.17, 15) is 10.2 Å². The molecule has 0 saturated carbocycles. The minimum atomic E-state index is -0.801. The average molecular weight is 939 g/mol. The molecule has 11 rings (SSSR count). The van der Waals surface area contributed by atoms with E-state index in [4.69, 9.17) is 9.47 Å². The zero-order chi connectivity index (χ0) is 49.5. The first kappa shape index (κ1) is 46.4. The van der Waals surface area contributed by atoms with E-state index in [1.54, 1.807) is 0 Å².